The molecule has 1 atom stereocenters. The molecule has 3 nitrogen and oxygen atoms in total. The van der Waals surface area contributed by atoms with E-state index >= 15 is 0 Å². The second kappa shape index (κ2) is 2.96. The van der Waals surface area contributed by atoms with Gasteiger partial charge in [0.2, 0.25) is 0 Å². The summed E-state index contributed by atoms with van der Waals surface area (Å²) in [4.78, 5) is 0. The molecule has 11 heavy (non-hydrogen) atoms. The number of aromatic nitrogens is 2. The van der Waals surface area contributed by atoms with Gasteiger partial charge in [0.1, 0.15) is 0 Å². The third-order valence-electron chi connectivity index (χ3n) is 2.07. The van der Waals surface area contributed by atoms with Gasteiger partial charge in [0.05, 0.1) is 5.69 Å². The van der Waals surface area contributed by atoms with Crippen molar-refractivity contribution in [1.82, 2.24) is 15.5 Å². The lowest BCUT2D eigenvalue weighted by molar-refractivity contribution is 0.714. The van der Waals surface area contributed by atoms with Crippen molar-refractivity contribution in [3.63, 3.8) is 0 Å². The van der Waals surface area contributed by atoms with Gasteiger partial charge in [0.15, 0.2) is 0 Å². The summed E-state index contributed by atoms with van der Waals surface area (Å²) >= 11 is 0. The molecular weight excluding hydrogens is 138 g/mol. The smallest absolute Gasteiger partial charge is 0.0675 e. The van der Waals surface area contributed by atoms with E-state index in [0.717, 1.165) is 18.8 Å². The average molecular weight is 149 g/mol. The van der Waals surface area contributed by atoms with Gasteiger partial charge >= 0.3 is 0 Å². The molecule has 0 spiro atoms. The van der Waals surface area contributed by atoms with Crippen LogP contribution in [0.3, 0.4) is 0 Å². The first-order chi connectivity index (χ1) is 5.47. The average Bonchev–Trinajstić information content (AvgIpc) is 2.58. The molecule has 1 aromatic heterocycles. The van der Waals surface area contributed by atoms with E-state index in [1.165, 1.54) is 6.42 Å². The third-order valence-corrected chi connectivity index (χ3v) is 2.07. The first-order valence-electron chi connectivity index (χ1n) is 3.95. The topological polar surface area (TPSA) is 37.8 Å². The summed E-state index contributed by atoms with van der Waals surface area (Å²) in [7, 11) is 0. The Morgan fingerprint density at radius 2 is 2.55 bits per heavy atom. The van der Waals surface area contributed by atoms with E-state index in [4.69, 9.17) is 0 Å². The highest BCUT2D eigenvalue weighted by Gasteiger charge is 2.17. The minimum absolute atomic E-state index is 0.587. The molecule has 1 aliphatic rings. The molecule has 0 amide bonds. The SMILES string of the molecule is c1cnnc([C@H]2CCNC2)c1. The van der Waals surface area contributed by atoms with Crippen LogP contribution < -0.4 is 5.32 Å². The molecule has 58 valence electrons. The van der Waals surface area contributed by atoms with E-state index in [1.54, 1.807) is 6.20 Å². The van der Waals surface area contributed by atoms with Gasteiger partial charge in [-0.25, -0.2) is 0 Å². The Hall–Kier alpha value is -0.960. The molecule has 0 radical (unpaired) electrons. The fourth-order valence-electron chi connectivity index (χ4n) is 1.44. The minimum atomic E-state index is 0.587. The summed E-state index contributed by atoms with van der Waals surface area (Å²) in [6, 6.07) is 3.99. The fraction of sp³-hybridized carbons (Fsp3) is 0.500. The highest BCUT2D eigenvalue weighted by Crippen LogP contribution is 2.18. The molecule has 1 aliphatic heterocycles. The van der Waals surface area contributed by atoms with Crippen LogP contribution >= 0.6 is 0 Å². The molecule has 0 saturated carbocycles. The molecule has 1 saturated heterocycles. The van der Waals surface area contributed by atoms with Crippen molar-refractivity contribution >= 4 is 0 Å². The number of nitrogens with one attached hydrogen (secondary N) is 1. The van der Waals surface area contributed by atoms with Crippen LogP contribution in [0.15, 0.2) is 18.3 Å². The van der Waals surface area contributed by atoms with Gasteiger partial charge in [0.25, 0.3) is 0 Å². The Morgan fingerprint density at radius 1 is 1.55 bits per heavy atom. The molecular formula is C8H11N3. The van der Waals surface area contributed by atoms with Crippen molar-refractivity contribution in [2.24, 2.45) is 0 Å². The zero-order valence-electron chi connectivity index (χ0n) is 6.33. The van der Waals surface area contributed by atoms with Crippen LogP contribution in [0.2, 0.25) is 0 Å². The molecule has 2 rings (SSSR count). The lowest BCUT2D eigenvalue weighted by Gasteiger charge is -2.04. The first-order valence-corrected chi connectivity index (χ1v) is 3.95. The second-order valence-electron chi connectivity index (χ2n) is 2.84. The summed E-state index contributed by atoms with van der Waals surface area (Å²) in [5, 5.41) is 11.2. The summed E-state index contributed by atoms with van der Waals surface area (Å²) in [6.45, 7) is 2.17. The van der Waals surface area contributed by atoms with E-state index in [9.17, 15) is 0 Å². The maximum absolute atomic E-state index is 4.07. The molecule has 1 aromatic rings. The summed E-state index contributed by atoms with van der Waals surface area (Å²) in [5.74, 6) is 0.587. The van der Waals surface area contributed by atoms with Crippen LogP contribution in [0.25, 0.3) is 0 Å². The summed E-state index contributed by atoms with van der Waals surface area (Å²) < 4.78 is 0. The van der Waals surface area contributed by atoms with Crippen LogP contribution in [0.5, 0.6) is 0 Å². The Balaban J connectivity index is 2.16. The molecule has 2 heterocycles. The molecule has 1 fully saturated rings. The van der Waals surface area contributed by atoms with Crippen molar-refractivity contribution in [2.45, 2.75) is 12.3 Å². The number of hydrogen-bond acceptors (Lipinski definition) is 3. The van der Waals surface area contributed by atoms with Gasteiger partial charge in [-0.3, -0.25) is 0 Å². The molecule has 0 aromatic carbocycles. The highest BCUT2D eigenvalue weighted by atomic mass is 15.1. The number of nitrogens with zero attached hydrogens (tertiary/aromatic N) is 2. The highest BCUT2D eigenvalue weighted by molar-refractivity contribution is 5.08. The standard InChI is InChI=1S/C8H11N3/c1-2-8(11-10-4-1)7-3-5-9-6-7/h1-2,4,7,9H,3,5-6H2/t7-/m0/s1. The summed E-state index contributed by atoms with van der Waals surface area (Å²) in [5.41, 5.74) is 1.12. The van der Waals surface area contributed by atoms with Crippen molar-refractivity contribution in [1.29, 1.82) is 0 Å². The van der Waals surface area contributed by atoms with Crippen LogP contribution in [0.4, 0.5) is 0 Å². The Kier molecular flexibility index (Phi) is 1.81. The van der Waals surface area contributed by atoms with E-state index in [1.807, 2.05) is 12.1 Å². The molecule has 0 aliphatic carbocycles. The van der Waals surface area contributed by atoms with Gasteiger partial charge in [-0.05, 0) is 25.1 Å². The van der Waals surface area contributed by atoms with Crippen LogP contribution in [0.1, 0.15) is 18.0 Å². The zero-order valence-corrected chi connectivity index (χ0v) is 6.33. The van der Waals surface area contributed by atoms with Gasteiger partial charge < -0.3 is 5.32 Å². The maximum Gasteiger partial charge on any atom is 0.0675 e. The van der Waals surface area contributed by atoms with E-state index in [2.05, 4.69) is 15.5 Å². The predicted octanol–water partition coefficient (Wildman–Crippen LogP) is 0.554. The lowest BCUT2D eigenvalue weighted by Crippen LogP contribution is -2.09. The Morgan fingerprint density at radius 3 is 3.18 bits per heavy atom. The lowest BCUT2D eigenvalue weighted by atomic mass is 10.1. The first kappa shape index (κ1) is 6.73. The quantitative estimate of drug-likeness (QED) is 0.633. The van der Waals surface area contributed by atoms with Crippen molar-refractivity contribution in [3.8, 4) is 0 Å². The van der Waals surface area contributed by atoms with E-state index in [-0.39, 0.29) is 0 Å². The maximum atomic E-state index is 4.07. The summed E-state index contributed by atoms with van der Waals surface area (Å²) in [6.07, 6.45) is 2.91. The fourth-order valence-corrected chi connectivity index (χ4v) is 1.44. The molecule has 3 heteroatoms. The number of hydrogen-bond donors (Lipinski definition) is 1. The molecule has 0 bridgehead atoms. The normalized spacial score (nSPS) is 23.8. The zero-order chi connectivity index (χ0) is 7.52. The Bertz CT molecular complexity index is 216. The monoisotopic (exact) mass is 149 g/mol. The Labute approximate surface area is 65.8 Å². The van der Waals surface area contributed by atoms with Crippen LogP contribution in [-0.4, -0.2) is 23.3 Å². The van der Waals surface area contributed by atoms with E-state index in [0.29, 0.717) is 5.92 Å². The third kappa shape index (κ3) is 1.38. The van der Waals surface area contributed by atoms with Gasteiger partial charge in [-0.2, -0.15) is 10.2 Å². The van der Waals surface area contributed by atoms with Gasteiger partial charge in [-0.15, -0.1) is 0 Å². The van der Waals surface area contributed by atoms with Crippen molar-refractivity contribution in [2.75, 3.05) is 13.1 Å². The van der Waals surface area contributed by atoms with Crippen molar-refractivity contribution < 1.29 is 0 Å². The van der Waals surface area contributed by atoms with Gasteiger partial charge in [0, 0.05) is 18.7 Å². The van der Waals surface area contributed by atoms with Gasteiger partial charge in [-0.1, -0.05) is 0 Å². The van der Waals surface area contributed by atoms with Crippen LogP contribution in [0, 0.1) is 0 Å². The molecule has 0 unspecified atom stereocenters. The minimum Gasteiger partial charge on any atom is -0.316 e. The largest absolute Gasteiger partial charge is 0.316 e. The second-order valence-corrected chi connectivity index (χ2v) is 2.84. The van der Waals surface area contributed by atoms with Crippen LogP contribution in [-0.2, 0) is 0 Å². The number of rotatable bonds is 1. The van der Waals surface area contributed by atoms with Crippen molar-refractivity contribution in [3.05, 3.63) is 24.0 Å². The molecule has 1 N–H and O–H groups in total. The predicted molar refractivity (Wildman–Crippen MR) is 42.3 cm³/mol. The van der Waals surface area contributed by atoms with E-state index < -0.39 is 0 Å².